The molecule has 1 fully saturated rings. The van der Waals surface area contributed by atoms with Gasteiger partial charge in [0.25, 0.3) is 0 Å². The zero-order valence-electron chi connectivity index (χ0n) is 19.7. The second-order valence-electron chi connectivity index (χ2n) is 9.11. The van der Waals surface area contributed by atoms with Gasteiger partial charge in [-0.1, -0.05) is 61.5 Å². The van der Waals surface area contributed by atoms with Crippen LogP contribution in [0.3, 0.4) is 0 Å². The smallest absolute Gasteiger partial charge is 0.119 e. The zero-order valence-corrected chi connectivity index (χ0v) is 19.7. The van der Waals surface area contributed by atoms with Crippen LogP contribution in [0.4, 0.5) is 4.39 Å². The van der Waals surface area contributed by atoms with Crippen molar-refractivity contribution in [3.8, 4) is 5.75 Å². The van der Waals surface area contributed by atoms with Crippen molar-refractivity contribution in [2.75, 3.05) is 32.9 Å². The summed E-state index contributed by atoms with van der Waals surface area (Å²) in [6.07, 6.45) is 2.91. The molecule has 2 aliphatic rings. The summed E-state index contributed by atoms with van der Waals surface area (Å²) in [6.45, 7) is 5.93. The number of rotatable bonds is 9. The van der Waals surface area contributed by atoms with Gasteiger partial charge in [-0.25, -0.2) is 0 Å². The molecule has 0 saturated carbocycles. The van der Waals surface area contributed by atoms with E-state index in [2.05, 4.69) is 89.6 Å². The Bertz CT molecular complexity index is 1180. The first-order valence-electron chi connectivity index (χ1n) is 12.2. The minimum Gasteiger partial charge on any atom is -0.492 e. The van der Waals surface area contributed by atoms with Crippen LogP contribution in [0, 0.1) is 5.92 Å². The molecule has 0 aliphatic carbocycles. The molecular formula is C30H31FN2O. The van der Waals surface area contributed by atoms with Crippen molar-refractivity contribution in [3.63, 3.8) is 0 Å². The lowest BCUT2D eigenvalue weighted by Crippen LogP contribution is -2.49. The van der Waals surface area contributed by atoms with Gasteiger partial charge in [-0.3, -0.25) is 14.3 Å². The van der Waals surface area contributed by atoms with Crippen molar-refractivity contribution in [2.45, 2.75) is 19.9 Å². The second kappa shape index (κ2) is 10.4. The first-order valence-corrected chi connectivity index (χ1v) is 12.2. The second-order valence-corrected chi connectivity index (χ2v) is 9.11. The van der Waals surface area contributed by atoms with Gasteiger partial charge in [0.2, 0.25) is 0 Å². The van der Waals surface area contributed by atoms with Gasteiger partial charge in [0.05, 0.1) is 13.2 Å². The molecule has 1 saturated heterocycles. The van der Waals surface area contributed by atoms with Crippen LogP contribution in [0.5, 0.6) is 5.75 Å². The number of likely N-dealkylation sites (tertiary alicyclic amines) is 1. The van der Waals surface area contributed by atoms with E-state index in [4.69, 9.17) is 4.74 Å². The van der Waals surface area contributed by atoms with E-state index >= 15 is 0 Å². The number of aliphatic imine (C=N–C) groups is 1. The first-order chi connectivity index (χ1) is 16.7. The van der Waals surface area contributed by atoms with E-state index in [0.29, 0.717) is 6.61 Å². The number of halogens is 1. The van der Waals surface area contributed by atoms with Crippen LogP contribution in [0.25, 0.3) is 11.1 Å². The van der Waals surface area contributed by atoms with Crippen LogP contribution in [-0.2, 0) is 6.54 Å². The molecule has 34 heavy (non-hydrogen) atoms. The average molecular weight is 455 g/mol. The van der Waals surface area contributed by atoms with E-state index < -0.39 is 0 Å². The summed E-state index contributed by atoms with van der Waals surface area (Å²) in [5, 5.41) is 0. The molecular weight excluding hydrogens is 423 g/mol. The summed E-state index contributed by atoms with van der Waals surface area (Å²) >= 11 is 0. The molecule has 4 heteroatoms. The number of allylic oxidation sites excluding steroid dienone is 1. The van der Waals surface area contributed by atoms with Gasteiger partial charge in [0.1, 0.15) is 12.4 Å². The lowest BCUT2D eigenvalue weighted by Gasteiger charge is -2.37. The molecule has 0 bridgehead atoms. The summed E-state index contributed by atoms with van der Waals surface area (Å²) in [5.74, 6) is 1.08. The quantitative estimate of drug-likeness (QED) is 0.356. The summed E-state index contributed by atoms with van der Waals surface area (Å²) in [4.78, 5) is 6.68. The van der Waals surface area contributed by atoms with Gasteiger partial charge in [-0.15, -0.1) is 0 Å². The summed E-state index contributed by atoms with van der Waals surface area (Å²) < 4.78 is 18.6. The van der Waals surface area contributed by atoms with E-state index in [9.17, 15) is 4.39 Å². The Kier molecular flexibility index (Phi) is 6.87. The fourth-order valence-electron chi connectivity index (χ4n) is 4.90. The largest absolute Gasteiger partial charge is 0.492 e. The Balaban J connectivity index is 1.41. The Labute approximate surface area is 201 Å². The van der Waals surface area contributed by atoms with Crippen molar-refractivity contribution < 1.29 is 9.13 Å². The zero-order chi connectivity index (χ0) is 23.3. The molecule has 5 rings (SSSR count). The molecule has 0 aromatic heterocycles. The highest BCUT2D eigenvalue weighted by Crippen LogP contribution is 2.36. The monoisotopic (exact) mass is 454 g/mol. The summed E-state index contributed by atoms with van der Waals surface area (Å²) in [7, 11) is 0. The molecule has 0 unspecified atom stereocenters. The molecule has 0 amide bonds. The van der Waals surface area contributed by atoms with Crippen LogP contribution >= 0.6 is 0 Å². The van der Waals surface area contributed by atoms with Gasteiger partial charge in [-0.05, 0) is 63.6 Å². The minimum absolute atomic E-state index is 0.214. The van der Waals surface area contributed by atoms with Crippen LogP contribution < -0.4 is 4.74 Å². The molecule has 3 aromatic carbocycles. The van der Waals surface area contributed by atoms with Crippen molar-refractivity contribution in [1.29, 1.82) is 0 Å². The minimum atomic E-state index is -0.214. The third-order valence-electron chi connectivity index (χ3n) is 6.77. The predicted molar refractivity (Wildman–Crippen MR) is 138 cm³/mol. The highest BCUT2D eigenvalue weighted by atomic mass is 19.1. The van der Waals surface area contributed by atoms with Gasteiger partial charge in [0.15, 0.2) is 0 Å². The van der Waals surface area contributed by atoms with Crippen LogP contribution in [-0.4, -0.2) is 44.0 Å². The maximum Gasteiger partial charge on any atom is 0.119 e. The number of benzene rings is 3. The standard InChI is InChI=1S/C30H31FN2O/c1-2-29(23-6-4-3-5-7-23)30(25-8-9-26-18-32-19-27(26)16-25)24-10-12-28(13-11-24)34-15-14-33-20-22(17-31)21-33/h3-13,16,19,22H,2,14-15,17-18,20-21H2,1H3/b30-29+. The number of hydrogen-bond acceptors (Lipinski definition) is 3. The maximum absolute atomic E-state index is 12.6. The van der Waals surface area contributed by atoms with Gasteiger partial charge < -0.3 is 4.74 Å². The lowest BCUT2D eigenvalue weighted by atomic mass is 9.87. The SMILES string of the molecule is CC/C(=C(/c1ccc(OCCN2CC(CF)C2)cc1)c1ccc2c(c1)C=NC2)c1ccccc1. The van der Waals surface area contributed by atoms with E-state index in [1.54, 1.807) is 0 Å². The number of alkyl halides is 1. The Morgan fingerprint density at radius 2 is 1.74 bits per heavy atom. The highest BCUT2D eigenvalue weighted by molar-refractivity contribution is 6.00. The van der Waals surface area contributed by atoms with Crippen molar-refractivity contribution in [2.24, 2.45) is 10.9 Å². The molecule has 0 atom stereocenters. The molecule has 3 aromatic rings. The Morgan fingerprint density at radius 1 is 0.971 bits per heavy atom. The van der Waals surface area contributed by atoms with Crippen molar-refractivity contribution in [1.82, 2.24) is 4.90 Å². The van der Waals surface area contributed by atoms with Crippen LogP contribution in [0.15, 0.2) is 77.8 Å². The lowest BCUT2D eigenvalue weighted by molar-refractivity contribution is 0.0668. The Morgan fingerprint density at radius 3 is 2.47 bits per heavy atom. The van der Waals surface area contributed by atoms with Crippen LogP contribution in [0.1, 0.15) is 41.2 Å². The summed E-state index contributed by atoms with van der Waals surface area (Å²) in [6, 6.07) is 25.8. The predicted octanol–water partition coefficient (Wildman–Crippen LogP) is 6.27. The summed E-state index contributed by atoms with van der Waals surface area (Å²) in [5.41, 5.74) is 8.70. The van der Waals surface area contributed by atoms with E-state index in [-0.39, 0.29) is 12.6 Å². The first kappa shape index (κ1) is 22.5. The molecule has 174 valence electrons. The van der Waals surface area contributed by atoms with Gasteiger partial charge in [-0.2, -0.15) is 0 Å². The number of nitrogens with zero attached hydrogens (tertiary/aromatic N) is 2. The molecule has 2 aliphatic heterocycles. The molecule has 0 radical (unpaired) electrons. The molecule has 0 spiro atoms. The van der Waals surface area contributed by atoms with Crippen LogP contribution in [0.2, 0.25) is 0 Å². The maximum atomic E-state index is 12.6. The van der Waals surface area contributed by atoms with E-state index in [1.165, 1.54) is 39.0 Å². The third-order valence-corrected chi connectivity index (χ3v) is 6.77. The van der Waals surface area contributed by atoms with Crippen molar-refractivity contribution >= 4 is 17.4 Å². The average Bonchev–Trinajstić information content (AvgIpc) is 3.33. The number of hydrogen-bond donors (Lipinski definition) is 0. The molecule has 0 N–H and O–H groups in total. The normalized spacial score (nSPS) is 16.2. The van der Waals surface area contributed by atoms with Crippen molar-refractivity contribution in [3.05, 3.63) is 101 Å². The highest BCUT2D eigenvalue weighted by Gasteiger charge is 2.25. The Hall–Kier alpha value is -3.24. The topological polar surface area (TPSA) is 24.8 Å². The molecule has 3 nitrogen and oxygen atoms in total. The fraction of sp³-hybridized carbons (Fsp3) is 0.300. The fourth-order valence-corrected chi connectivity index (χ4v) is 4.90. The third kappa shape index (κ3) is 4.83. The van der Waals surface area contributed by atoms with E-state index in [0.717, 1.165) is 38.3 Å². The van der Waals surface area contributed by atoms with Gasteiger partial charge in [0, 0.05) is 31.8 Å². The number of fused-ring (bicyclic) bond motifs is 1. The number of ether oxygens (including phenoxy) is 1. The van der Waals surface area contributed by atoms with Gasteiger partial charge >= 0.3 is 0 Å². The molecule has 2 heterocycles. The van der Waals surface area contributed by atoms with E-state index in [1.807, 2.05) is 6.21 Å².